The van der Waals surface area contributed by atoms with Crippen LogP contribution in [-0.2, 0) is 4.74 Å². The second-order valence-corrected chi connectivity index (χ2v) is 4.18. The summed E-state index contributed by atoms with van der Waals surface area (Å²) in [6.07, 6.45) is 1.26. The van der Waals surface area contributed by atoms with Crippen LogP contribution in [0.2, 0.25) is 0 Å². The summed E-state index contributed by atoms with van der Waals surface area (Å²) in [5.74, 6) is 0.297. The molecule has 106 valence electrons. The molecule has 0 saturated carbocycles. The fourth-order valence-corrected chi connectivity index (χ4v) is 1.48. The average Bonchev–Trinajstić information content (AvgIpc) is 2.27. The highest BCUT2D eigenvalue weighted by Gasteiger charge is 2.24. The minimum atomic E-state index is -0.520. The molecule has 0 saturated heterocycles. The highest BCUT2D eigenvalue weighted by molar-refractivity contribution is 5.69. The van der Waals surface area contributed by atoms with Crippen molar-refractivity contribution in [3.8, 4) is 0 Å². The predicted octanol–water partition coefficient (Wildman–Crippen LogP) is 0.720. The van der Waals surface area contributed by atoms with Gasteiger partial charge in [0, 0.05) is 27.2 Å². The Morgan fingerprint density at radius 3 is 2.63 bits per heavy atom. The number of anilines is 2. The summed E-state index contributed by atoms with van der Waals surface area (Å²) in [5.41, 5.74) is 2.57. The van der Waals surface area contributed by atoms with E-state index in [2.05, 4.69) is 20.7 Å². The molecule has 1 rings (SSSR count). The minimum absolute atomic E-state index is 0.106. The van der Waals surface area contributed by atoms with Crippen LogP contribution in [0.3, 0.4) is 0 Å². The Morgan fingerprint density at radius 2 is 2.11 bits per heavy atom. The summed E-state index contributed by atoms with van der Waals surface area (Å²) in [4.78, 5) is 18.4. The number of nitrogens with zero attached hydrogens (tertiary/aromatic N) is 4. The van der Waals surface area contributed by atoms with Crippen molar-refractivity contribution in [3.63, 3.8) is 0 Å². The Labute approximate surface area is 111 Å². The van der Waals surface area contributed by atoms with Gasteiger partial charge in [0.15, 0.2) is 0 Å². The quantitative estimate of drug-likeness (QED) is 0.551. The first-order chi connectivity index (χ1) is 8.95. The van der Waals surface area contributed by atoms with Crippen molar-refractivity contribution in [3.05, 3.63) is 16.4 Å². The molecular formula is C10H18N6O3. The van der Waals surface area contributed by atoms with Crippen LogP contribution in [0.4, 0.5) is 17.3 Å². The lowest BCUT2D eigenvalue weighted by Gasteiger charge is -2.16. The molecule has 2 N–H and O–H groups in total. The average molecular weight is 270 g/mol. The zero-order chi connectivity index (χ0) is 14.4. The van der Waals surface area contributed by atoms with Gasteiger partial charge in [-0.15, -0.1) is 0 Å². The summed E-state index contributed by atoms with van der Waals surface area (Å²) in [6, 6.07) is -0.106. The molecule has 0 aromatic carbocycles. The Hall–Kier alpha value is -2.00. The molecule has 9 nitrogen and oxygen atoms in total. The third-order valence-corrected chi connectivity index (χ3v) is 2.13. The van der Waals surface area contributed by atoms with Crippen molar-refractivity contribution in [2.24, 2.45) is 0 Å². The molecule has 0 aliphatic rings. The molecule has 1 aromatic rings. The van der Waals surface area contributed by atoms with Crippen LogP contribution < -0.4 is 10.7 Å². The number of methoxy groups -OCH3 is 1. The standard InChI is InChI=1S/C10H18N6O3/c1-7(5-19-4)13-9-8(16(17)18)10(12-6-11-9)14-15(2)3/h6-7H,5H2,1-4H3,(H2,11,12,13,14). The molecule has 1 atom stereocenters. The summed E-state index contributed by atoms with van der Waals surface area (Å²) in [5, 5.41) is 15.7. The smallest absolute Gasteiger partial charge is 0.354 e. The van der Waals surface area contributed by atoms with E-state index in [9.17, 15) is 10.1 Å². The number of nitrogens with one attached hydrogen (secondary N) is 2. The first-order valence-corrected chi connectivity index (χ1v) is 5.64. The van der Waals surface area contributed by atoms with Gasteiger partial charge in [0.1, 0.15) is 6.33 Å². The van der Waals surface area contributed by atoms with E-state index in [1.54, 1.807) is 26.2 Å². The zero-order valence-electron chi connectivity index (χ0n) is 11.4. The fourth-order valence-electron chi connectivity index (χ4n) is 1.48. The third-order valence-electron chi connectivity index (χ3n) is 2.13. The molecule has 1 heterocycles. The molecule has 1 aromatic heterocycles. The van der Waals surface area contributed by atoms with Crippen molar-refractivity contribution >= 4 is 17.3 Å². The lowest BCUT2D eigenvalue weighted by atomic mass is 10.3. The van der Waals surface area contributed by atoms with Gasteiger partial charge in [-0.3, -0.25) is 15.5 Å². The van der Waals surface area contributed by atoms with Gasteiger partial charge in [-0.25, -0.2) is 15.0 Å². The van der Waals surface area contributed by atoms with Crippen molar-refractivity contribution in [1.29, 1.82) is 0 Å². The summed E-state index contributed by atoms with van der Waals surface area (Å²) < 4.78 is 4.97. The highest BCUT2D eigenvalue weighted by Crippen LogP contribution is 2.29. The van der Waals surface area contributed by atoms with Crippen LogP contribution in [-0.4, -0.2) is 53.8 Å². The van der Waals surface area contributed by atoms with Gasteiger partial charge >= 0.3 is 5.69 Å². The first kappa shape index (κ1) is 15.1. The number of aromatic nitrogens is 2. The molecule has 9 heteroatoms. The van der Waals surface area contributed by atoms with Gasteiger partial charge in [0.05, 0.1) is 11.5 Å². The van der Waals surface area contributed by atoms with Crippen molar-refractivity contribution in [1.82, 2.24) is 15.0 Å². The van der Waals surface area contributed by atoms with Crippen LogP contribution in [0.5, 0.6) is 0 Å². The van der Waals surface area contributed by atoms with Gasteiger partial charge in [-0.05, 0) is 6.92 Å². The SMILES string of the molecule is COCC(C)Nc1ncnc(NN(C)C)c1[N+](=O)[O-]. The summed E-state index contributed by atoms with van der Waals surface area (Å²) in [6.45, 7) is 2.26. The number of hydrazine groups is 1. The topological polar surface area (TPSA) is 105 Å². The Kier molecular flexibility index (Phi) is 5.39. The normalized spacial score (nSPS) is 12.3. The molecule has 0 spiro atoms. The van der Waals surface area contributed by atoms with E-state index in [0.717, 1.165) is 0 Å². The maximum atomic E-state index is 11.2. The van der Waals surface area contributed by atoms with Gasteiger partial charge in [0.25, 0.3) is 0 Å². The van der Waals surface area contributed by atoms with Crippen LogP contribution in [0.25, 0.3) is 0 Å². The highest BCUT2D eigenvalue weighted by atomic mass is 16.6. The molecular weight excluding hydrogens is 252 g/mol. The third kappa shape index (κ3) is 4.30. The summed E-state index contributed by atoms with van der Waals surface area (Å²) in [7, 11) is 4.99. The number of rotatable bonds is 7. The molecule has 0 aliphatic carbocycles. The number of hydrogen-bond donors (Lipinski definition) is 2. The van der Waals surface area contributed by atoms with E-state index in [0.29, 0.717) is 6.61 Å². The second kappa shape index (κ2) is 6.81. The first-order valence-electron chi connectivity index (χ1n) is 5.64. The van der Waals surface area contributed by atoms with Crippen LogP contribution in [0.15, 0.2) is 6.33 Å². The summed E-state index contributed by atoms with van der Waals surface area (Å²) >= 11 is 0. The number of hydrogen-bond acceptors (Lipinski definition) is 8. The van der Waals surface area contributed by atoms with Crippen molar-refractivity contribution < 1.29 is 9.66 Å². The zero-order valence-corrected chi connectivity index (χ0v) is 11.4. The fraction of sp³-hybridized carbons (Fsp3) is 0.600. The van der Waals surface area contributed by atoms with Gasteiger partial charge in [-0.2, -0.15) is 0 Å². The Morgan fingerprint density at radius 1 is 1.47 bits per heavy atom. The number of nitro groups is 1. The van der Waals surface area contributed by atoms with Crippen LogP contribution in [0.1, 0.15) is 6.92 Å². The van der Waals surface area contributed by atoms with Crippen molar-refractivity contribution in [2.75, 3.05) is 38.6 Å². The molecule has 0 aliphatic heterocycles. The predicted molar refractivity (Wildman–Crippen MR) is 71.0 cm³/mol. The van der Waals surface area contributed by atoms with E-state index >= 15 is 0 Å². The molecule has 0 amide bonds. The van der Waals surface area contributed by atoms with E-state index in [4.69, 9.17) is 4.74 Å². The Balaban J connectivity index is 3.06. The maximum Gasteiger partial charge on any atom is 0.354 e. The van der Waals surface area contributed by atoms with Gasteiger partial charge in [0.2, 0.25) is 11.6 Å². The molecule has 0 bridgehead atoms. The van der Waals surface area contributed by atoms with E-state index in [1.165, 1.54) is 6.33 Å². The minimum Gasteiger partial charge on any atom is -0.383 e. The lowest BCUT2D eigenvalue weighted by molar-refractivity contribution is -0.383. The van der Waals surface area contributed by atoms with E-state index in [-0.39, 0.29) is 23.4 Å². The monoisotopic (exact) mass is 270 g/mol. The molecule has 19 heavy (non-hydrogen) atoms. The lowest BCUT2D eigenvalue weighted by Crippen LogP contribution is -2.24. The van der Waals surface area contributed by atoms with Gasteiger partial charge < -0.3 is 10.1 Å². The molecule has 0 fully saturated rings. The molecule has 0 radical (unpaired) electrons. The number of ether oxygens (including phenoxy) is 1. The largest absolute Gasteiger partial charge is 0.383 e. The van der Waals surface area contributed by atoms with E-state index in [1.807, 2.05) is 6.92 Å². The maximum absolute atomic E-state index is 11.2. The molecule has 1 unspecified atom stereocenters. The van der Waals surface area contributed by atoms with Crippen LogP contribution >= 0.6 is 0 Å². The van der Waals surface area contributed by atoms with Gasteiger partial charge in [-0.1, -0.05) is 0 Å². The van der Waals surface area contributed by atoms with E-state index < -0.39 is 4.92 Å². The Bertz CT molecular complexity index is 439. The second-order valence-electron chi connectivity index (χ2n) is 4.18. The van der Waals surface area contributed by atoms with Crippen LogP contribution in [0, 0.1) is 10.1 Å². The van der Waals surface area contributed by atoms with Crippen molar-refractivity contribution in [2.45, 2.75) is 13.0 Å².